The predicted octanol–water partition coefficient (Wildman–Crippen LogP) is 3.93. The number of halogens is 2. The highest BCUT2D eigenvalue weighted by Gasteiger charge is 2.06. The van der Waals surface area contributed by atoms with Crippen molar-refractivity contribution in [3.63, 3.8) is 0 Å². The average molecular weight is 366 g/mol. The van der Waals surface area contributed by atoms with Crippen LogP contribution in [0.4, 0.5) is 0 Å². The van der Waals surface area contributed by atoms with Crippen LogP contribution in [0.3, 0.4) is 0 Å². The van der Waals surface area contributed by atoms with Gasteiger partial charge in [0.05, 0.1) is 0 Å². The van der Waals surface area contributed by atoms with Crippen molar-refractivity contribution in [2.45, 2.75) is 13.3 Å². The van der Waals surface area contributed by atoms with Gasteiger partial charge < -0.3 is 10.1 Å². The highest BCUT2D eigenvalue weighted by atomic mass is 35.5. The van der Waals surface area contributed by atoms with Crippen LogP contribution in [-0.2, 0) is 11.2 Å². The van der Waals surface area contributed by atoms with Crippen molar-refractivity contribution in [2.75, 3.05) is 13.2 Å². The van der Waals surface area contributed by atoms with Crippen molar-refractivity contribution in [1.29, 1.82) is 0 Å². The monoisotopic (exact) mass is 365 g/mol. The van der Waals surface area contributed by atoms with Crippen molar-refractivity contribution in [2.24, 2.45) is 0 Å². The fourth-order valence-electron chi connectivity index (χ4n) is 2.07. The van der Waals surface area contributed by atoms with Gasteiger partial charge in [0.2, 0.25) is 0 Å². The molecule has 1 amide bonds. The van der Waals surface area contributed by atoms with Crippen molar-refractivity contribution in [3.05, 3.63) is 63.6 Å². The summed E-state index contributed by atoms with van der Waals surface area (Å²) in [6, 6.07) is 12.0. The molecule has 0 fully saturated rings. The van der Waals surface area contributed by atoms with Crippen molar-refractivity contribution in [3.8, 4) is 5.75 Å². The first kappa shape index (κ1) is 18.3. The van der Waals surface area contributed by atoms with E-state index < -0.39 is 0 Å². The number of ether oxygens (including phenoxy) is 1. The Balaban J connectivity index is 1.77. The molecule has 0 aromatic heterocycles. The summed E-state index contributed by atoms with van der Waals surface area (Å²) in [5.74, 6) is 0.191. The molecule has 2 aromatic rings. The quantitative estimate of drug-likeness (QED) is 0.756. The minimum Gasteiger partial charge on any atom is -0.484 e. The zero-order valence-electron chi connectivity index (χ0n) is 13.1. The Hall–Kier alpha value is -2.04. The van der Waals surface area contributed by atoms with Crippen LogP contribution in [0, 0.1) is 0 Å². The number of hydrogen-bond donors (Lipinski definition) is 1. The zero-order valence-corrected chi connectivity index (χ0v) is 14.7. The van der Waals surface area contributed by atoms with Gasteiger partial charge in [0, 0.05) is 22.2 Å². The van der Waals surface area contributed by atoms with E-state index >= 15 is 0 Å². The normalized spacial score (nSPS) is 10.3. The molecule has 126 valence electrons. The van der Waals surface area contributed by atoms with Crippen LogP contribution < -0.4 is 10.1 Å². The van der Waals surface area contributed by atoms with Crippen LogP contribution in [0.1, 0.15) is 22.8 Å². The number of carbonyl (C=O) groups excluding carboxylic acids is 2. The van der Waals surface area contributed by atoms with Crippen LogP contribution >= 0.6 is 23.2 Å². The molecule has 4 nitrogen and oxygen atoms in total. The van der Waals surface area contributed by atoms with Crippen LogP contribution in [0.2, 0.25) is 10.0 Å². The number of amides is 1. The maximum absolute atomic E-state index is 11.8. The standard InChI is InChI=1S/C18H17Cl2NO3/c1-12(22)14-3-2-4-16(9-14)24-11-18(23)21-8-7-13-5-6-15(19)10-17(13)20/h2-6,9-10H,7-8,11H2,1H3,(H,21,23). The fraction of sp³-hybridized carbons (Fsp3) is 0.222. The molecule has 0 spiro atoms. The van der Waals surface area contributed by atoms with E-state index in [4.69, 9.17) is 27.9 Å². The molecule has 0 saturated carbocycles. The Bertz CT molecular complexity index is 747. The molecule has 0 unspecified atom stereocenters. The summed E-state index contributed by atoms with van der Waals surface area (Å²) in [5, 5.41) is 3.91. The van der Waals surface area contributed by atoms with Gasteiger partial charge >= 0.3 is 0 Å². The van der Waals surface area contributed by atoms with Gasteiger partial charge in [-0.2, -0.15) is 0 Å². The number of benzene rings is 2. The van der Waals surface area contributed by atoms with Gasteiger partial charge in [0.1, 0.15) is 5.75 Å². The van der Waals surface area contributed by atoms with Gasteiger partial charge in [-0.25, -0.2) is 0 Å². The van der Waals surface area contributed by atoms with Crippen LogP contribution in [0.15, 0.2) is 42.5 Å². The summed E-state index contributed by atoms with van der Waals surface area (Å²) in [4.78, 5) is 23.1. The maximum Gasteiger partial charge on any atom is 0.257 e. The summed E-state index contributed by atoms with van der Waals surface area (Å²) in [5.41, 5.74) is 1.46. The molecule has 0 heterocycles. The summed E-state index contributed by atoms with van der Waals surface area (Å²) < 4.78 is 5.39. The van der Waals surface area contributed by atoms with Gasteiger partial charge in [-0.05, 0) is 43.2 Å². The average Bonchev–Trinajstić information content (AvgIpc) is 2.55. The summed E-state index contributed by atoms with van der Waals surface area (Å²) >= 11 is 11.9. The molecule has 0 atom stereocenters. The first-order valence-electron chi connectivity index (χ1n) is 7.40. The third-order valence-electron chi connectivity index (χ3n) is 3.34. The molecule has 2 aromatic carbocycles. The second kappa shape index (κ2) is 8.71. The summed E-state index contributed by atoms with van der Waals surface area (Å²) in [7, 11) is 0. The Morgan fingerprint density at radius 3 is 2.62 bits per heavy atom. The van der Waals surface area contributed by atoms with Crippen LogP contribution in [-0.4, -0.2) is 24.8 Å². The molecule has 0 saturated heterocycles. The fourth-order valence-corrected chi connectivity index (χ4v) is 2.57. The van der Waals surface area contributed by atoms with E-state index in [-0.39, 0.29) is 18.3 Å². The first-order chi connectivity index (χ1) is 11.5. The molecule has 0 aliphatic carbocycles. The van der Waals surface area contributed by atoms with Gasteiger partial charge in [-0.15, -0.1) is 0 Å². The van der Waals surface area contributed by atoms with Crippen molar-refractivity contribution >= 4 is 34.9 Å². The molecule has 0 aliphatic rings. The van der Waals surface area contributed by atoms with Gasteiger partial charge in [0.25, 0.3) is 5.91 Å². The molecule has 2 rings (SSSR count). The topological polar surface area (TPSA) is 55.4 Å². The van der Waals surface area contributed by atoms with E-state index in [9.17, 15) is 9.59 Å². The van der Waals surface area contributed by atoms with Crippen LogP contribution in [0.25, 0.3) is 0 Å². The molecule has 6 heteroatoms. The Morgan fingerprint density at radius 1 is 1.12 bits per heavy atom. The number of ketones is 1. The lowest BCUT2D eigenvalue weighted by Gasteiger charge is -2.09. The zero-order chi connectivity index (χ0) is 17.5. The highest BCUT2D eigenvalue weighted by molar-refractivity contribution is 6.35. The van der Waals surface area contributed by atoms with Gasteiger partial charge in [-0.3, -0.25) is 9.59 Å². The second-order valence-electron chi connectivity index (χ2n) is 5.21. The smallest absolute Gasteiger partial charge is 0.257 e. The molecule has 0 bridgehead atoms. The third kappa shape index (κ3) is 5.55. The number of Topliss-reactive ketones (excluding diaryl/α,β-unsaturated/α-hetero) is 1. The summed E-state index contributed by atoms with van der Waals surface area (Å²) in [6.07, 6.45) is 0.599. The van der Waals surface area contributed by atoms with E-state index in [2.05, 4.69) is 5.32 Å². The Kier molecular flexibility index (Phi) is 6.64. The van der Waals surface area contributed by atoms with Gasteiger partial charge in [0.15, 0.2) is 12.4 Å². The van der Waals surface area contributed by atoms with E-state index in [1.165, 1.54) is 6.92 Å². The minimum absolute atomic E-state index is 0.0512. The molecular weight excluding hydrogens is 349 g/mol. The van der Waals surface area contributed by atoms with Crippen LogP contribution in [0.5, 0.6) is 5.75 Å². The van der Waals surface area contributed by atoms with E-state index in [1.807, 2.05) is 6.07 Å². The lowest BCUT2D eigenvalue weighted by Crippen LogP contribution is -2.30. The lowest BCUT2D eigenvalue weighted by atomic mass is 10.1. The number of hydrogen-bond acceptors (Lipinski definition) is 3. The molecule has 0 aliphatic heterocycles. The predicted molar refractivity (Wildman–Crippen MR) is 95.1 cm³/mol. The highest BCUT2D eigenvalue weighted by Crippen LogP contribution is 2.21. The Morgan fingerprint density at radius 2 is 1.92 bits per heavy atom. The number of carbonyl (C=O) groups is 2. The third-order valence-corrected chi connectivity index (χ3v) is 3.93. The molecular formula is C18H17Cl2NO3. The minimum atomic E-state index is -0.242. The largest absolute Gasteiger partial charge is 0.484 e. The number of rotatable bonds is 7. The molecule has 24 heavy (non-hydrogen) atoms. The van der Waals surface area contributed by atoms with E-state index in [1.54, 1.807) is 36.4 Å². The summed E-state index contributed by atoms with van der Waals surface area (Å²) in [6.45, 7) is 1.81. The number of nitrogens with one attached hydrogen (secondary N) is 1. The van der Waals surface area contributed by atoms with E-state index in [0.717, 1.165) is 5.56 Å². The Labute approximate surface area is 150 Å². The second-order valence-corrected chi connectivity index (χ2v) is 6.05. The molecule has 0 radical (unpaired) electrons. The van der Waals surface area contributed by atoms with Gasteiger partial charge in [-0.1, -0.05) is 41.4 Å². The van der Waals surface area contributed by atoms with Crippen molar-refractivity contribution < 1.29 is 14.3 Å². The first-order valence-corrected chi connectivity index (χ1v) is 8.16. The lowest BCUT2D eigenvalue weighted by molar-refractivity contribution is -0.123. The SMILES string of the molecule is CC(=O)c1cccc(OCC(=O)NCCc2ccc(Cl)cc2Cl)c1. The van der Waals surface area contributed by atoms with E-state index in [0.29, 0.717) is 34.3 Å². The van der Waals surface area contributed by atoms with Crippen molar-refractivity contribution in [1.82, 2.24) is 5.32 Å². The maximum atomic E-state index is 11.8. The molecule has 1 N–H and O–H groups in total.